The summed E-state index contributed by atoms with van der Waals surface area (Å²) >= 11 is 6.00. The third-order valence-electron chi connectivity index (χ3n) is 5.01. The molecule has 0 aromatic heterocycles. The average molecular weight is 398 g/mol. The first-order valence-corrected chi connectivity index (χ1v) is 9.77. The van der Waals surface area contributed by atoms with Crippen LogP contribution in [0.25, 0.3) is 0 Å². The molecular weight excluding hydrogens is 374 g/mol. The van der Waals surface area contributed by atoms with Gasteiger partial charge < -0.3 is 9.64 Å². The van der Waals surface area contributed by atoms with E-state index in [1.807, 2.05) is 44.2 Å². The highest BCUT2D eigenvalue weighted by Crippen LogP contribution is 2.38. The van der Waals surface area contributed by atoms with Crippen molar-refractivity contribution in [2.45, 2.75) is 39.7 Å². The quantitative estimate of drug-likeness (QED) is 0.667. The van der Waals surface area contributed by atoms with Crippen LogP contribution >= 0.6 is 11.6 Å². The van der Waals surface area contributed by atoms with Crippen molar-refractivity contribution in [3.8, 4) is 0 Å². The van der Waals surface area contributed by atoms with Gasteiger partial charge in [0.05, 0.1) is 18.7 Å². The van der Waals surface area contributed by atoms with Gasteiger partial charge in [-0.3, -0.25) is 4.79 Å². The number of allylic oxidation sites excluding steroid dienone is 1. The van der Waals surface area contributed by atoms with Crippen LogP contribution in [0.4, 0.5) is 0 Å². The van der Waals surface area contributed by atoms with Crippen LogP contribution in [0, 0.1) is 6.92 Å². The fourth-order valence-electron chi connectivity index (χ4n) is 3.65. The van der Waals surface area contributed by atoms with Gasteiger partial charge in [-0.05, 0) is 44.0 Å². The molecule has 0 spiro atoms. The Morgan fingerprint density at radius 2 is 1.89 bits per heavy atom. The van der Waals surface area contributed by atoms with Crippen LogP contribution in [-0.4, -0.2) is 23.4 Å². The number of amides is 1. The average Bonchev–Trinajstić information content (AvgIpc) is 2.65. The molecule has 1 heterocycles. The topological polar surface area (TPSA) is 46.6 Å². The zero-order valence-corrected chi connectivity index (χ0v) is 17.1. The maximum absolute atomic E-state index is 13.0. The van der Waals surface area contributed by atoms with Gasteiger partial charge in [0.1, 0.15) is 0 Å². The Morgan fingerprint density at radius 3 is 2.54 bits per heavy atom. The number of esters is 1. The Bertz CT molecular complexity index is 918. The number of hydrogen-bond donors (Lipinski definition) is 0. The number of benzene rings is 2. The van der Waals surface area contributed by atoms with Crippen molar-refractivity contribution in [2.75, 3.05) is 6.61 Å². The van der Waals surface area contributed by atoms with Crippen LogP contribution in [0.5, 0.6) is 0 Å². The van der Waals surface area contributed by atoms with E-state index in [0.29, 0.717) is 22.8 Å². The van der Waals surface area contributed by atoms with Crippen molar-refractivity contribution in [2.24, 2.45) is 0 Å². The summed E-state index contributed by atoms with van der Waals surface area (Å²) < 4.78 is 5.32. The Hall–Kier alpha value is -2.59. The van der Waals surface area contributed by atoms with E-state index < -0.39 is 0 Å². The highest BCUT2D eigenvalue weighted by Gasteiger charge is 2.36. The first-order chi connectivity index (χ1) is 13.4. The molecule has 0 fully saturated rings. The molecule has 0 saturated heterocycles. The lowest BCUT2D eigenvalue weighted by Gasteiger charge is -2.34. The van der Waals surface area contributed by atoms with Gasteiger partial charge in [-0.2, -0.15) is 0 Å². The van der Waals surface area contributed by atoms with Gasteiger partial charge in [-0.15, -0.1) is 0 Å². The molecule has 4 nitrogen and oxygen atoms in total. The van der Waals surface area contributed by atoms with Crippen molar-refractivity contribution in [1.82, 2.24) is 4.90 Å². The van der Waals surface area contributed by atoms with E-state index in [4.69, 9.17) is 16.3 Å². The Labute approximate surface area is 170 Å². The number of hydrogen-bond acceptors (Lipinski definition) is 3. The summed E-state index contributed by atoms with van der Waals surface area (Å²) in [5.74, 6) is -0.716. The SMILES string of the molecule is CCOC(=O)C1=C(C)N(Cc2cccc(C)c2)C(=O)C[C@@H]1c1ccc(Cl)cc1. The molecule has 0 aliphatic carbocycles. The summed E-state index contributed by atoms with van der Waals surface area (Å²) in [6.07, 6.45) is 0.221. The molecule has 0 unspecified atom stereocenters. The van der Waals surface area contributed by atoms with Crippen LogP contribution in [0.15, 0.2) is 59.8 Å². The molecular formula is C23H24ClNO3. The first kappa shape index (κ1) is 20.2. The molecule has 1 aliphatic rings. The predicted octanol–water partition coefficient (Wildman–Crippen LogP) is 5.00. The number of halogens is 1. The van der Waals surface area contributed by atoms with Crippen LogP contribution in [0.3, 0.4) is 0 Å². The highest BCUT2D eigenvalue weighted by molar-refractivity contribution is 6.30. The van der Waals surface area contributed by atoms with Gasteiger partial charge >= 0.3 is 5.97 Å². The lowest BCUT2D eigenvalue weighted by atomic mass is 9.83. The second-order valence-corrected chi connectivity index (χ2v) is 7.43. The van der Waals surface area contributed by atoms with Crippen molar-refractivity contribution in [1.29, 1.82) is 0 Å². The molecule has 0 radical (unpaired) electrons. The van der Waals surface area contributed by atoms with E-state index in [1.54, 1.807) is 24.0 Å². The minimum Gasteiger partial charge on any atom is -0.463 e. The largest absolute Gasteiger partial charge is 0.463 e. The lowest BCUT2D eigenvalue weighted by molar-refractivity contribution is -0.140. The van der Waals surface area contributed by atoms with Gasteiger partial charge in [0, 0.05) is 23.1 Å². The molecule has 28 heavy (non-hydrogen) atoms. The molecule has 1 amide bonds. The molecule has 2 aromatic rings. The summed E-state index contributed by atoms with van der Waals surface area (Å²) in [5.41, 5.74) is 4.23. The zero-order chi connectivity index (χ0) is 20.3. The van der Waals surface area contributed by atoms with Gasteiger partial charge in [0.2, 0.25) is 5.91 Å². The second-order valence-electron chi connectivity index (χ2n) is 7.00. The maximum Gasteiger partial charge on any atom is 0.336 e. The number of carbonyl (C=O) groups is 2. The fourth-order valence-corrected chi connectivity index (χ4v) is 3.78. The first-order valence-electron chi connectivity index (χ1n) is 9.40. The van der Waals surface area contributed by atoms with E-state index in [2.05, 4.69) is 6.07 Å². The molecule has 0 saturated carbocycles. The summed E-state index contributed by atoms with van der Waals surface area (Å²) in [7, 11) is 0. The minimum atomic E-state index is -0.373. The van der Waals surface area contributed by atoms with Crippen LogP contribution in [0.2, 0.25) is 5.02 Å². The summed E-state index contributed by atoms with van der Waals surface area (Å²) in [4.78, 5) is 27.4. The van der Waals surface area contributed by atoms with Crippen molar-refractivity contribution in [3.05, 3.63) is 81.5 Å². The molecule has 3 rings (SSSR count). The molecule has 2 aromatic carbocycles. The normalized spacial score (nSPS) is 17.1. The molecule has 0 N–H and O–H groups in total. The Balaban J connectivity index is 2.02. The lowest BCUT2D eigenvalue weighted by Crippen LogP contribution is -2.38. The highest BCUT2D eigenvalue weighted by atomic mass is 35.5. The zero-order valence-electron chi connectivity index (χ0n) is 16.4. The fraction of sp³-hybridized carbons (Fsp3) is 0.304. The smallest absolute Gasteiger partial charge is 0.336 e. The number of nitrogens with zero attached hydrogens (tertiary/aromatic N) is 1. The van der Waals surface area contributed by atoms with E-state index in [0.717, 1.165) is 16.7 Å². The standard InChI is InChI=1S/C23H24ClNO3/c1-4-28-23(27)22-16(3)25(14-17-7-5-6-15(2)12-17)21(26)13-20(22)18-8-10-19(24)11-9-18/h5-12,20H,4,13-14H2,1-3H3/t20-/m1/s1. The number of aryl methyl sites for hydroxylation is 1. The van der Waals surface area contributed by atoms with Gasteiger partial charge in [0.25, 0.3) is 0 Å². The van der Waals surface area contributed by atoms with Crippen LogP contribution in [0.1, 0.15) is 42.9 Å². The number of carbonyl (C=O) groups excluding carboxylic acids is 2. The predicted molar refractivity (Wildman–Crippen MR) is 110 cm³/mol. The van der Waals surface area contributed by atoms with Crippen LogP contribution in [-0.2, 0) is 20.9 Å². The summed E-state index contributed by atoms with van der Waals surface area (Å²) in [5, 5.41) is 0.616. The number of rotatable bonds is 5. The van der Waals surface area contributed by atoms with E-state index in [1.165, 1.54) is 0 Å². The monoisotopic (exact) mass is 397 g/mol. The second kappa shape index (κ2) is 8.61. The van der Waals surface area contributed by atoms with E-state index in [9.17, 15) is 9.59 Å². The van der Waals surface area contributed by atoms with Crippen molar-refractivity contribution >= 4 is 23.5 Å². The Morgan fingerprint density at radius 1 is 1.18 bits per heavy atom. The molecule has 0 bridgehead atoms. The molecule has 146 valence electrons. The summed E-state index contributed by atoms with van der Waals surface area (Å²) in [6.45, 7) is 6.34. The maximum atomic E-state index is 13.0. The third-order valence-corrected chi connectivity index (χ3v) is 5.27. The van der Waals surface area contributed by atoms with E-state index >= 15 is 0 Å². The van der Waals surface area contributed by atoms with Crippen molar-refractivity contribution in [3.63, 3.8) is 0 Å². The van der Waals surface area contributed by atoms with E-state index in [-0.39, 0.29) is 30.8 Å². The van der Waals surface area contributed by atoms with Crippen molar-refractivity contribution < 1.29 is 14.3 Å². The van der Waals surface area contributed by atoms with Gasteiger partial charge in [-0.25, -0.2) is 4.79 Å². The Kier molecular flexibility index (Phi) is 6.20. The summed E-state index contributed by atoms with van der Waals surface area (Å²) in [6, 6.07) is 15.3. The van der Waals surface area contributed by atoms with Gasteiger partial charge in [-0.1, -0.05) is 53.6 Å². The molecule has 5 heteroatoms. The molecule has 1 atom stereocenters. The number of ether oxygens (including phenoxy) is 1. The minimum absolute atomic E-state index is 0.00740. The molecule has 1 aliphatic heterocycles. The van der Waals surface area contributed by atoms with Crippen LogP contribution < -0.4 is 0 Å². The third kappa shape index (κ3) is 4.28. The van der Waals surface area contributed by atoms with Gasteiger partial charge in [0.15, 0.2) is 0 Å².